The highest BCUT2D eigenvalue weighted by Gasteiger charge is 2.19. The van der Waals surface area contributed by atoms with E-state index in [1.54, 1.807) is 6.07 Å². The molecule has 21 heavy (non-hydrogen) atoms. The zero-order valence-electron chi connectivity index (χ0n) is 11.4. The smallest absolute Gasteiger partial charge is 0.401 e. The van der Waals surface area contributed by atoms with Crippen LogP contribution in [-0.4, -0.2) is 16.9 Å². The third-order valence-electron chi connectivity index (χ3n) is 3.38. The van der Waals surface area contributed by atoms with Crippen LogP contribution in [0, 0.1) is 21.4 Å². The van der Waals surface area contributed by atoms with E-state index in [4.69, 9.17) is 9.68 Å². The number of furan rings is 1. The molecule has 0 aromatic carbocycles. The molecule has 1 aromatic rings. The maximum Gasteiger partial charge on any atom is 0.433 e. The average Bonchev–Trinajstić information content (AvgIpc) is 2.94. The molecule has 1 fully saturated rings. The number of amides is 1. The number of carbonyl (C=O) groups excluding carboxylic acids is 1. The van der Waals surface area contributed by atoms with Crippen LogP contribution in [0.2, 0.25) is 0 Å². The Morgan fingerprint density at radius 1 is 1.43 bits per heavy atom. The molecule has 1 aromatic heterocycles. The van der Waals surface area contributed by atoms with Crippen molar-refractivity contribution in [2.75, 3.05) is 0 Å². The van der Waals surface area contributed by atoms with Gasteiger partial charge in [0.05, 0.1) is 6.07 Å². The van der Waals surface area contributed by atoms with Crippen LogP contribution in [0.4, 0.5) is 5.88 Å². The largest absolute Gasteiger partial charge is 0.433 e. The first-order chi connectivity index (χ1) is 10.1. The fraction of sp³-hybridized carbons (Fsp3) is 0.429. The number of nitriles is 1. The SMILES string of the molecule is N#C/C(=C\c1ccc([N+](=O)[O-])o1)C(=O)NC1CCCCC1. The van der Waals surface area contributed by atoms with E-state index in [-0.39, 0.29) is 17.4 Å². The highest BCUT2D eigenvalue weighted by molar-refractivity contribution is 6.01. The quantitative estimate of drug-likeness (QED) is 0.396. The van der Waals surface area contributed by atoms with Gasteiger partial charge < -0.3 is 9.73 Å². The van der Waals surface area contributed by atoms with Gasteiger partial charge in [-0.05, 0) is 18.9 Å². The summed E-state index contributed by atoms with van der Waals surface area (Å²) in [5.74, 6) is -0.785. The Morgan fingerprint density at radius 2 is 2.14 bits per heavy atom. The van der Waals surface area contributed by atoms with Crippen molar-refractivity contribution in [1.82, 2.24) is 5.32 Å². The van der Waals surface area contributed by atoms with Gasteiger partial charge in [-0.2, -0.15) is 5.26 Å². The maximum atomic E-state index is 12.0. The van der Waals surface area contributed by atoms with E-state index in [9.17, 15) is 14.9 Å². The van der Waals surface area contributed by atoms with Gasteiger partial charge in [0.15, 0.2) is 0 Å². The van der Waals surface area contributed by atoms with Crippen LogP contribution in [-0.2, 0) is 4.79 Å². The summed E-state index contributed by atoms with van der Waals surface area (Å²) in [7, 11) is 0. The lowest BCUT2D eigenvalue weighted by Crippen LogP contribution is -2.36. The van der Waals surface area contributed by atoms with Crippen molar-refractivity contribution in [2.24, 2.45) is 0 Å². The van der Waals surface area contributed by atoms with E-state index in [2.05, 4.69) is 5.32 Å². The van der Waals surface area contributed by atoms with E-state index in [0.717, 1.165) is 25.7 Å². The van der Waals surface area contributed by atoms with Crippen molar-refractivity contribution < 1.29 is 14.1 Å². The molecule has 0 saturated heterocycles. The molecule has 7 heteroatoms. The molecule has 1 N–H and O–H groups in total. The Balaban J connectivity index is 2.06. The second-order valence-electron chi connectivity index (χ2n) is 4.91. The van der Waals surface area contributed by atoms with E-state index >= 15 is 0 Å². The van der Waals surface area contributed by atoms with Crippen LogP contribution in [0.25, 0.3) is 6.08 Å². The summed E-state index contributed by atoms with van der Waals surface area (Å²) in [5.41, 5.74) is -0.121. The van der Waals surface area contributed by atoms with E-state index in [0.29, 0.717) is 0 Å². The minimum atomic E-state index is -0.675. The first-order valence-corrected chi connectivity index (χ1v) is 6.77. The zero-order chi connectivity index (χ0) is 15.2. The van der Waals surface area contributed by atoms with Crippen molar-refractivity contribution in [3.8, 4) is 6.07 Å². The molecule has 0 atom stereocenters. The molecule has 1 amide bonds. The fourth-order valence-corrected chi connectivity index (χ4v) is 2.32. The molecule has 1 aliphatic carbocycles. The van der Waals surface area contributed by atoms with Crippen molar-refractivity contribution in [3.05, 3.63) is 33.6 Å². The molecular formula is C14H15N3O4. The molecule has 0 bridgehead atoms. The number of carbonyl (C=O) groups is 1. The van der Waals surface area contributed by atoms with Crippen molar-refractivity contribution in [1.29, 1.82) is 5.26 Å². The monoisotopic (exact) mass is 289 g/mol. The second-order valence-corrected chi connectivity index (χ2v) is 4.91. The summed E-state index contributed by atoms with van der Waals surface area (Å²) >= 11 is 0. The van der Waals surface area contributed by atoms with Crippen LogP contribution in [0.15, 0.2) is 22.1 Å². The molecule has 0 aliphatic heterocycles. The van der Waals surface area contributed by atoms with Gasteiger partial charge in [0.1, 0.15) is 22.3 Å². The molecule has 1 saturated carbocycles. The van der Waals surface area contributed by atoms with Crippen molar-refractivity contribution >= 4 is 17.9 Å². The van der Waals surface area contributed by atoms with Crippen LogP contribution >= 0.6 is 0 Å². The molecule has 2 rings (SSSR count). The number of hydrogen-bond donors (Lipinski definition) is 1. The summed E-state index contributed by atoms with van der Waals surface area (Å²) < 4.78 is 4.91. The van der Waals surface area contributed by atoms with Gasteiger partial charge in [0, 0.05) is 12.1 Å². The maximum absolute atomic E-state index is 12.0. The van der Waals surface area contributed by atoms with Gasteiger partial charge in [-0.1, -0.05) is 19.3 Å². The van der Waals surface area contributed by atoms with Crippen LogP contribution in [0.1, 0.15) is 37.9 Å². The van der Waals surface area contributed by atoms with Crippen LogP contribution in [0.5, 0.6) is 0 Å². The minimum Gasteiger partial charge on any atom is -0.401 e. The predicted molar refractivity (Wildman–Crippen MR) is 74.0 cm³/mol. The number of nitrogens with zero attached hydrogens (tertiary/aromatic N) is 2. The summed E-state index contributed by atoms with van der Waals surface area (Å²) in [5, 5.41) is 22.4. The van der Waals surface area contributed by atoms with E-state index < -0.39 is 16.7 Å². The summed E-state index contributed by atoms with van der Waals surface area (Å²) in [4.78, 5) is 21.8. The topological polar surface area (TPSA) is 109 Å². The third-order valence-corrected chi connectivity index (χ3v) is 3.38. The molecule has 0 unspecified atom stereocenters. The Kier molecular flexibility index (Phi) is 4.72. The Labute approximate surface area is 121 Å². The number of hydrogen-bond acceptors (Lipinski definition) is 5. The summed E-state index contributed by atoms with van der Waals surface area (Å²) in [6.45, 7) is 0. The molecule has 0 radical (unpaired) electrons. The standard InChI is InChI=1S/C14H15N3O4/c15-9-10(8-12-6-7-13(21-12)17(19)20)14(18)16-11-4-2-1-3-5-11/h6-8,11H,1-5H2,(H,16,18)/b10-8+. The molecular weight excluding hydrogens is 274 g/mol. The highest BCUT2D eigenvalue weighted by Crippen LogP contribution is 2.20. The normalized spacial score (nSPS) is 16.2. The van der Waals surface area contributed by atoms with E-state index in [1.807, 2.05) is 0 Å². The van der Waals surface area contributed by atoms with Crippen LogP contribution in [0.3, 0.4) is 0 Å². The first-order valence-electron chi connectivity index (χ1n) is 6.77. The van der Waals surface area contributed by atoms with Gasteiger partial charge >= 0.3 is 5.88 Å². The second kappa shape index (κ2) is 6.70. The zero-order valence-corrected chi connectivity index (χ0v) is 11.4. The van der Waals surface area contributed by atoms with Gasteiger partial charge in [-0.3, -0.25) is 14.9 Å². The highest BCUT2D eigenvalue weighted by atomic mass is 16.6. The Morgan fingerprint density at radius 3 is 2.71 bits per heavy atom. The van der Waals surface area contributed by atoms with Crippen LogP contribution < -0.4 is 5.32 Å². The van der Waals surface area contributed by atoms with E-state index in [1.165, 1.54) is 24.6 Å². The lowest BCUT2D eigenvalue weighted by atomic mass is 9.95. The summed E-state index contributed by atoms with van der Waals surface area (Å²) in [6.07, 6.45) is 6.35. The minimum absolute atomic E-state index is 0.0916. The van der Waals surface area contributed by atoms with Gasteiger partial charge in [-0.25, -0.2) is 0 Å². The molecule has 0 spiro atoms. The lowest BCUT2D eigenvalue weighted by molar-refractivity contribution is -0.402. The van der Waals surface area contributed by atoms with Crippen molar-refractivity contribution in [2.45, 2.75) is 38.1 Å². The lowest BCUT2D eigenvalue weighted by Gasteiger charge is -2.22. The molecule has 1 aliphatic rings. The van der Waals surface area contributed by atoms with Gasteiger partial charge in [-0.15, -0.1) is 0 Å². The molecule has 1 heterocycles. The first kappa shape index (κ1) is 14.8. The molecule has 7 nitrogen and oxygen atoms in total. The van der Waals surface area contributed by atoms with Gasteiger partial charge in [0.2, 0.25) is 0 Å². The average molecular weight is 289 g/mol. The number of nitrogens with one attached hydrogen (secondary N) is 1. The van der Waals surface area contributed by atoms with Crippen molar-refractivity contribution in [3.63, 3.8) is 0 Å². The molecule has 110 valence electrons. The third kappa shape index (κ3) is 3.92. The number of rotatable bonds is 4. The predicted octanol–water partition coefficient (Wildman–Crippen LogP) is 2.54. The van der Waals surface area contributed by atoms with Gasteiger partial charge in [0.25, 0.3) is 5.91 Å². The number of nitro groups is 1. The Hall–Kier alpha value is -2.62. The summed E-state index contributed by atoms with van der Waals surface area (Å²) in [6, 6.07) is 4.42. The Bertz CT molecular complexity index is 606. The fourth-order valence-electron chi connectivity index (χ4n) is 2.32.